The molecular weight excluding hydrogens is 198 g/mol. The molecule has 0 radical (unpaired) electrons. The van der Waals surface area contributed by atoms with Crippen LogP contribution < -0.4 is 5.32 Å². The quantitative estimate of drug-likeness (QED) is 0.680. The molecule has 0 amide bonds. The van der Waals surface area contributed by atoms with Crippen molar-refractivity contribution in [2.24, 2.45) is 0 Å². The van der Waals surface area contributed by atoms with Gasteiger partial charge in [-0.2, -0.15) is 5.26 Å². The third-order valence-corrected chi connectivity index (χ3v) is 3.45. The topological polar surface area (TPSA) is 39.1 Å². The summed E-state index contributed by atoms with van der Waals surface area (Å²) in [6.45, 7) is 4.53. The number of nitrogens with one attached hydrogen (secondary N) is 1. The summed E-state index contributed by atoms with van der Waals surface area (Å²) in [5.41, 5.74) is 0. The second-order valence-corrected chi connectivity index (χ2v) is 5.18. The predicted octanol–water partition coefficient (Wildman–Crippen LogP) is 1.90. The van der Waals surface area contributed by atoms with Crippen molar-refractivity contribution in [1.29, 1.82) is 5.26 Å². The Balaban J connectivity index is 1.67. The Hall–Kier alpha value is -0.590. The molecule has 0 saturated heterocycles. The Morgan fingerprint density at radius 3 is 2.56 bits per heavy atom. The zero-order valence-corrected chi connectivity index (χ0v) is 10.3. The van der Waals surface area contributed by atoms with Crippen molar-refractivity contribution in [3.63, 3.8) is 0 Å². The van der Waals surface area contributed by atoms with E-state index in [2.05, 4.69) is 23.2 Å². The molecule has 16 heavy (non-hydrogen) atoms. The van der Waals surface area contributed by atoms with Gasteiger partial charge in [0, 0.05) is 18.6 Å². The highest BCUT2D eigenvalue weighted by Crippen LogP contribution is 2.27. The van der Waals surface area contributed by atoms with Gasteiger partial charge >= 0.3 is 0 Å². The number of hydrogen-bond donors (Lipinski definition) is 1. The van der Waals surface area contributed by atoms with Crippen molar-refractivity contribution < 1.29 is 0 Å². The van der Waals surface area contributed by atoms with Crippen LogP contribution in [0.25, 0.3) is 0 Å². The first kappa shape index (κ1) is 11.9. The minimum absolute atomic E-state index is 0.0746. The Labute approximate surface area is 98.8 Å². The van der Waals surface area contributed by atoms with E-state index in [0.29, 0.717) is 6.04 Å². The van der Waals surface area contributed by atoms with Crippen molar-refractivity contribution in [3.05, 3.63) is 0 Å². The Morgan fingerprint density at radius 1 is 1.31 bits per heavy atom. The maximum atomic E-state index is 9.07. The van der Waals surface area contributed by atoms with Crippen LogP contribution in [0.3, 0.4) is 0 Å². The van der Waals surface area contributed by atoms with Gasteiger partial charge in [-0.15, -0.1) is 0 Å². The molecule has 2 fully saturated rings. The summed E-state index contributed by atoms with van der Waals surface area (Å²) >= 11 is 0. The molecule has 0 heterocycles. The van der Waals surface area contributed by atoms with Gasteiger partial charge < -0.3 is 4.90 Å². The fourth-order valence-electron chi connectivity index (χ4n) is 2.22. The van der Waals surface area contributed by atoms with Crippen LogP contribution in [0.5, 0.6) is 0 Å². The van der Waals surface area contributed by atoms with E-state index in [4.69, 9.17) is 5.26 Å². The predicted molar refractivity (Wildman–Crippen MR) is 65.1 cm³/mol. The highest BCUT2D eigenvalue weighted by atomic mass is 15.2. The average molecular weight is 221 g/mol. The molecule has 2 aliphatic carbocycles. The van der Waals surface area contributed by atoms with Crippen LogP contribution in [-0.2, 0) is 0 Å². The largest absolute Gasteiger partial charge is 0.300 e. The first-order valence-electron chi connectivity index (χ1n) is 6.73. The van der Waals surface area contributed by atoms with E-state index in [-0.39, 0.29) is 6.04 Å². The molecule has 0 bridgehead atoms. The minimum Gasteiger partial charge on any atom is -0.300 e. The molecule has 0 aromatic carbocycles. The van der Waals surface area contributed by atoms with Crippen LogP contribution in [0.2, 0.25) is 0 Å². The van der Waals surface area contributed by atoms with Gasteiger partial charge in [0.05, 0.1) is 12.1 Å². The minimum atomic E-state index is 0.0746. The summed E-state index contributed by atoms with van der Waals surface area (Å²) in [7, 11) is 0. The second-order valence-electron chi connectivity index (χ2n) is 5.18. The van der Waals surface area contributed by atoms with E-state index < -0.39 is 0 Å². The Morgan fingerprint density at radius 2 is 2.06 bits per heavy atom. The van der Waals surface area contributed by atoms with E-state index in [0.717, 1.165) is 19.0 Å². The monoisotopic (exact) mass is 221 g/mol. The Kier molecular flexibility index (Phi) is 4.20. The van der Waals surface area contributed by atoms with E-state index >= 15 is 0 Å². The van der Waals surface area contributed by atoms with Crippen LogP contribution in [0.15, 0.2) is 0 Å². The van der Waals surface area contributed by atoms with Crippen LogP contribution in [-0.4, -0.2) is 36.1 Å². The summed E-state index contributed by atoms with van der Waals surface area (Å²) in [4.78, 5) is 2.57. The number of nitriles is 1. The second kappa shape index (κ2) is 5.65. The molecule has 0 aromatic heterocycles. The highest BCUT2D eigenvalue weighted by molar-refractivity contribution is 4.96. The van der Waals surface area contributed by atoms with E-state index in [1.165, 1.54) is 38.6 Å². The van der Waals surface area contributed by atoms with Crippen molar-refractivity contribution >= 4 is 0 Å². The molecule has 2 aliphatic rings. The third-order valence-electron chi connectivity index (χ3n) is 3.45. The molecule has 1 unspecified atom stereocenters. The SMILES string of the molecule is CCCN(CCC(C#N)NC1CC1)C1CC1. The van der Waals surface area contributed by atoms with Crippen molar-refractivity contribution in [2.45, 2.75) is 63.6 Å². The normalized spacial score (nSPS) is 22.1. The van der Waals surface area contributed by atoms with Crippen LogP contribution in [0.1, 0.15) is 45.4 Å². The van der Waals surface area contributed by atoms with Gasteiger partial charge in [0.1, 0.15) is 0 Å². The van der Waals surface area contributed by atoms with Gasteiger partial charge in [0.25, 0.3) is 0 Å². The average Bonchev–Trinajstić information content (AvgIpc) is 3.15. The summed E-state index contributed by atoms with van der Waals surface area (Å²) in [6.07, 6.45) is 7.48. The third kappa shape index (κ3) is 3.77. The molecule has 0 spiro atoms. The molecule has 1 atom stereocenters. The maximum absolute atomic E-state index is 9.07. The molecule has 0 aromatic rings. The van der Waals surface area contributed by atoms with Gasteiger partial charge in [-0.1, -0.05) is 6.92 Å². The standard InChI is InChI=1S/C13H23N3/c1-2-8-16(13-5-6-13)9-7-12(10-14)15-11-3-4-11/h11-13,15H,2-9H2,1H3. The van der Waals surface area contributed by atoms with Gasteiger partial charge in [0.15, 0.2) is 0 Å². The summed E-state index contributed by atoms with van der Waals surface area (Å²) in [5, 5.41) is 12.5. The first-order valence-corrected chi connectivity index (χ1v) is 6.73. The number of hydrogen-bond acceptors (Lipinski definition) is 3. The van der Waals surface area contributed by atoms with Crippen molar-refractivity contribution in [1.82, 2.24) is 10.2 Å². The van der Waals surface area contributed by atoms with Crippen LogP contribution in [0, 0.1) is 11.3 Å². The molecule has 0 aliphatic heterocycles. The summed E-state index contributed by atoms with van der Waals surface area (Å²) < 4.78 is 0. The molecule has 1 N–H and O–H groups in total. The lowest BCUT2D eigenvalue weighted by Gasteiger charge is -2.22. The van der Waals surface area contributed by atoms with Crippen molar-refractivity contribution in [3.8, 4) is 6.07 Å². The van der Waals surface area contributed by atoms with Crippen LogP contribution >= 0.6 is 0 Å². The maximum Gasteiger partial charge on any atom is 0.0967 e. The molecule has 90 valence electrons. The van der Waals surface area contributed by atoms with Gasteiger partial charge in [-0.25, -0.2) is 0 Å². The fourth-order valence-corrected chi connectivity index (χ4v) is 2.22. The number of rotatable bonds is 8. The van der Waals surface area contributed by atoms with Gasteiger partial charge in [-0.3, -0.25) is 5.32 Å². The van der Waals surface area contributed by atoms with E-state index in [1.54, 1.807) is 0 Å². The smallest absolute Gasteiger partial charge is 0.0967 e. The van der Waals surface area contributed by atoms with Crippen LogP contribution in [0.4, 0.5) is 0 Å². The summed E-state index contributed by atoms with van der Waals surface area (Å²) in [6, 6.07) is 3.94. The van der Waals surface area contributed by atoms with Gasteiger partial charge in [-0.05, 0) is 45.1 Å². The lowest BCUT2D eigenvalue weighted by Crippen LogP contribution is -2.35. The first-order chi connectivity index (χ1) is 7.83. The van der Waals surface area contributed by atoms with E-state index in [9.17, 15) is 0 Å². The zero-order valence-electron chi connectivity index (χ0n) is 10.3. The highest BCUT2D eigenvalue weighted by Gasteiger charge is 2.29. The fraction of sp³-hybridized carbons (Fsp3) is 0.923. The Bertz CT molecular complexity index is 250. The van der Waals surface area contributed by atoms with Crippen molar-refractivity contribution in [2.75, 3.05) is 13.1 Å². The molecular formula is C13H23N3. The molecule has 3 nitrogen and oxygen atoms in total. The summed E-state index contributed by atoms with van der Waals surface area (Å²) in [5.74, 6) is 0. The molecule has 2 saturated carbocycles. The lowest BCUT2D eigenvalue weighted by atomic mass is 10.2. The number of nitrogens with zero attached hydrogens (tertiary/aromatic N) is 2. The van der Waals surface area contributed by atoms with Gasteiger partial charge in [0.2, 0.25) is 0 Å². The molecule has 2 rings (SSSR count). The lowest BCUT2D eigenvalue weighted by molar-refractivity contribution is 0.253. The molecule has 3 heteroatoms. The van der Waals surface area contributed by atoms with E-state index in [1.807, 2.05) is 0 Å². The zero-order chi connectivity index (χ0) is 11.4.